The number of anilines is 1. The third kappa shape index (κ3) is 8.54. The van der Waals surface area contributed by atoms with Crippen molar-refractivity contribution in [1.82, 2.24) is 4.98 Å². The molecule has 1 aliphatic heterocycles. The van der Waals surface area contributed by atoms with Crippen molar-refractivity contribution in [2.75, 3.05) is 18.0 Å². The Balaban J connectivity index is 1.99. The van der Waals surface area contributed by atoms with Gasteiger partial charge >= 0.3 is 7.82 Å². The Morgan fingerprint density at radius 3 is 2.20 bits per heavy atom. The van der Waals surface area contributed by atoms with E-state index in [-0.39, 0.29) is 17.7 Å². The van der Waals surface area contributed by atoms with Gasteiger partial charge in [0.15, 0.2) is 0 Å². The van der Waals surface area contributed by atoms with E-state index in [9.17, 15) is 19.9 Å². The van der Waals surface area contributed by atoms with E-state index in [4.69, 9.17) is 24.3 Å². The zero-order valence-electron chi connectivity index (χ0n) is 24.6. The number of primary amides is 1. The highest BCUT2D eigenvalue weighted by atomic mass is 32.2. The van der Waals surface area contributed by atoms with Crippen LogP contribution in [0.25, 0.3) is 0 Å². The van der Waals surface area contributed by atoms with Crippen LogP contribution in [0, 0.1) is 22.7 Å². The van der Waals surface area contributed by atoms with Crippen LogP contribution in [0.1, 0.15) is 82.4 Å². The molecule has 3 rings (SSSR count). The molecule has 0 saturated carbocycles. The number of carbonyl (C=O) groups is 1. The van der Waals surface area contributed by atoms with Gasteiger partial charge in [-0.25, -0.2) is 9.55 Å². The summed E-state index contributed by atoms with van der Waals surface area (Å²) in [7, 11) is -3.96. The molecule has 1 fully saturated rings. The molecule has 2 aromatic rings. The molecule has 1 amide bonds. The molecule has 0 aliphatic carbocycles. The molecule has 41 heavy (non-hydrogen) atoms. The van der Waals surface area contributed by atoms with E-state index in [0.717, 1.165) is 11.8 Å². The minimum atomic E-state index is -3.96. The topological polar surface area (TPSA) is 152 Å². The fraction of sp³-hybridized carbons (Fsp3) is 0.517. The van der Waals surface area contributed by atoms with Crippen molar-refractivity contribution in [3.05, 3.63) is 52.6 Å². The average Bonchev–Trinajstić information content (AvgIpc) is 3.31. The molecule has 1 aromatic carbocycles. The van der Waals surface area contributed by atoms with Crippen LogP contribution in [0.5, 0.6) is 0 Å². The van der Waals surface area contributed by atoms with Crippen LogP contribution in [0.4, 0.5) is 5.82 Å². The van der Waals surface area contributed by atoms with Gasteiger partial charge in [0.2, 0.25) is 5.91 Å². The maximum atomic E-state index is 13.7. The number of carbonyl (C=O) groups excluding carboxylic acids is 1. The van der Waals surface area contributed by atoms with Crippen molar-refractivity contribution in [1.29, 1.82) is 10.5 Å². The molecule has 0 bridgehead atoms. The van der Waals surface area contributed by atoms with Crippen LogP contribution in [-0.4, -0.2) is 41.3 Å². The molecule has 10 nitrogen and oxygen atoms in total. The van der Waals surface area contributed by atoms with Crippen molar-refractivity contribution in [3.63, 3.8) is 0 Å². The molecule has 2 heterocycles. The summed E-state index contributed by atoms with van der Waals surface area (Å²) < 4.78 is 31.3. The fourth-order valence-electron chi connectivity index (χ4n) is 4.45. The highest BCUT2D eigenvalue weighted by Gasteiger charge is 2.41. The minimum absolute atomic E-state index is 0.244. The standard InChI is InChI=1S/C29H38N5O5PS/c1-8-21-22(16-30)26(33-27(23(21)17-31)41-24(25(32)35)19-12-10-9-11-13-19)34-15-14-20(18-34)37-40(36,38-28(2,3)4)39-29(5,6)7/h9-13,20,24H,8,14-15,18H2,1-7H3,(H2,32,35)/t20?,24-/m0/s1. The lowest BCUT2D eigenvalue weighted by Gasteiger charge is -2.32. The zero-order chi connectivity index (χ0) is 30.6. The molecule has 1 unspecified atom stereocenters. The number of hydrogen-bond donors (Lipinski definition) is 1. The number of phosphoric acid groups is 1. The largest absolute Gasteiger partial charge is 0.476 e. The smallest absolute Gasteiger partial charge is 0.368 e. The summed E-state index contributed by atoms with van der Waals surface area (Å²) in [6, 6.07) is 13.4. The van der Waals surface area contributed by atoms with E-state index >= 15 is 0 Å². The minimum Gasteiger partial charge on any atom is -0.368 e. The van der Waals surface area contributed by atoms with Crippen LogP contribution in [-0.2, 0) is 29.4 Å². The van der Waals surface area contributed by atoms with Gasteiger partial charge in [-0.3, -0.25) is 18.4 Å². The maximum Gasteiger partial charge on any atom is 0.476 e. The van der Waals surface area contributed by atoms with Gasteiger partial charge in [0, 0.05) is 13.1 Å². The SMILES string of the molecule is CCc1c(C#N)c(S[C@H](C(N)=O)c2ccccc2)nc(N2CCC(OP(=O)(OC(C)(C)C)OC(C)(C)C)C2)c1C#N. The van der Waals surface area contributed by atoms with Crippen molar-refractivity contribution >= 4 is 31.3 Å². The van der Waals surface area contributed by atoms with Crippen LogP contribution in [0.3, 0.4) is 0 Å². The molecule has 1 aliphatic rings. The summed E-state index contributed by atoms with van der Waals surface area (Å²) in [5.74, 6) is -0.199. The highest BCUT2D eigenvalue weighted by Crippen LogP contribution is 2.57. The molecular formula is C29H38N5O5PS. The second-order valence-electron chi connectivity index (χ2n) is 11.7. The number of nitrogens with two attached hydrogens (primary N) is 1. The van der Waals surface area contributed by atoms with Crippen LogP contribution in [0.15, 0.2) is 35.4 Å². The molecular weight excluding hydrogens is 561 g/mol. The highest BCUT2D eigenvalue weighted by molar-refractivity contribution is 8.00. The number of benzene rings is 1. The summed E-state index contributed by atoms with van der Waals surface area (Å²) in [5, 5.41) is 19.7. The Bertz CT molecular complexity index is 1370. The van der Waals surface area contributed by atoms with E-state index in [2.05, 4.69) is 12.1 Å². The monoisotopic (exact) mass is 599 g/mol. The first kappa shape index (κ1) is 32.6. The van der Waals surface area contributed by atoms with Gasteiger partial charge in [-0.2, -0.15) is 10.5 Å². The normalized spacial score (nSPS) is 16.7. The second kappa shape index (κ2) is 12.9. The van der Waals surface area contributed by atoms with Crippen molar-refractivity contribution in [2.24, 2.45) is 5.73 Å². The van der Waals surface area contributed by atoms with Crippen LogP contribution in [0.2, 0.25) is 0 Å². The predicted octanol–water partition coefficient (Wildman–Crippen LogP) is 6.04. The van der Waals surface area contributed by atoms with Gasteiger partial charge in [0.25, 0.3) is 0 Å². The first-order chi connectivity index (χ1) is 19.1. The van der Waals surface area contributed by atoms with Crippen molar-refractivity contribution in [3.8, 4) is 12.1 Å². The van der Waals surface area contributed by atoms with Gasteiger partial charge in [-0.1, -0.05) is 49.0 Å². The van der Waals surface area contributed by atoms with E-state index in [1.165, 1.54) is 0 Å². The van der Waals surface area contributed by atoms with E-state index in [0.29, 0.717) is 41.4 Å². The number of aromatic nitrogens is 1. The number of phosphoric ester groups is 1. The number of thioether (sulfide) groups is 1. The summed E-state index contributed by atoms with van der Waals surface area (Å²) >= 11 is 1.09. The van der Waals surface area contributed by atoms with Gasteiger partial charge in [-0.15, -0.1) is 0 Å². The van der Waals surface area contributed by atoms with E-state index in [1.807, 2.05) is 30.0 Å². The first-order valence-corrected chi connectivity index (χ1v) is 15.8. The molecule has 220 valence electrons. The Hall–Kier alpha value is -2.92. The van der Waals surface area contributed by atoms with Gasteiger partial charge in [-0.05, 0) is 65.5 Å². The Kier molecular flexibility index (Phi) is 10.3. The molecule has 1 aromatic heterocycles. The summed E-state index contributed by atoms with van der Waals surface area (Å²) in [6.45, 7) is 13.2. The molecule has 0 radical (unpaired) electrons. The van der Waals surface area contributed by atoms with E-state index < -0.39 is 36.3 Å². The number of pyridine rings is 1. The molecule has 2 atom stereocenters. The lowest BCUT2D eigenvalue weighted by Crippen LogP contribution is -2.29. The van der Waals surface area contributed by atoms with Gasteiger partial charge in [0.1, 0.15) is 28.2 Å². The number of rotatable bonds is 10. The Morgan fingerprint density at radius 1 is 1.12 bits per heavy atom. The lowest BCUT2D eigenvalue weighted by molar-refractivity contribution is -0.117. The Labute approximate surface area is 246 Å². The van der Waals surface area contributed by atoms with Gasteiger partial charge in [0.05, 0.1) is 28.4 Å². The molecule has 2 N–H and O–H groups in total. The maximum absolute atomic E-state index is 13.7. The third-order valence-corrected chi connectivity index (χ3v) is 9.27. The van der Waals surface area contributed by atoms with Gasteiger partial charge < -0.3 is 10.6 Å². The van der Waals surface area contributed by atoms with Crippen molar-refractivity contribution < 1.29 is 22.9 Å². The summed E-state index contributed by atoms with van der Waals surface area (Å²) in [4.78, 5) is 19.1. The number of amides is 1. The predicted molar refractivity (Wildman–Crippen MR) is 158 cm³/mol. The number of nitrogens with zero attached hydrogens (tertiary/aromatic N) is 4. The lowest BCUT2D eigenvalue weighted by atomic mass is 10.0. The molecule has 12 heteroatoms. The number of nitriles is 2. The summed E-state index contributed by atoms with van der Waals surface area (Å²) in [5.41, 5.74) is 5.95. The third-order valence-electron chi connectivity index (χ3n) is 5.91. The van der Waals surface area contributed by atoms with Crippen LogP contribution >= 0.6 is 19.6 Å². The number of hydrogen-bond acceptors (Lipinski definition) is 10. The molecule has 0 spiro atoms. The summed E-state index contributed by atoms with van der Waals surface area (Å²) in [6.07, 6.45) is 0.358. The van der Waals surface area contributed by atoms with Crippen LogP contribution < -0.4 is 10.6 Å². The second-order valence-corrected chi connectivity index (χ2v) is 14.2. The fourth-order valence-corrected chi connectivity index (χ4v) is 7.51. The average molecular weight is 600 g/mol. The zero-order valence-corrected chi connectivity index (χ0v) is 26.3. The van der Waals surface area contributed by atoms with E-state index in [1.54, 1.807) is 53.7 Å². The molecule has 1 saturated heterocycles. The Morgan fingerprint density at radius 2 is 1.71 bits per heavy atom. The first-order valence-electron chi connectivity index (χ1n) is 13.4. The quantitative estimate of drug-likeness (QED) is 0.253. The van der Waals surface area contributed by atoms with Crippen molar-refractivity contribution in [2.45, 2.75) is 88.9 Å².